The van der Waals surface area contributed by atoms with Crippen molar-refractivity contribution in [3.8, 4) is 5.75 Å². The van der Waals surface area contributed by atoms with Crippen LogP contribution in [0, 0.1) is 6.92 Å². The first-order valence-electron chi connectivity index (χ1n) is 10.8. The smallest absolute Gasteiger partial charge is 0.335 e. The average molecular weight is 692 g/mol. The van der Waals surface area contributed by atoms with Crippen LogP contribution in [0.15, 0.2) is 79.7 Å². The number of anilines is 2. The minimum absolute atomic E-state index is 0.215. The van der Waals surface area contributed by atoms with Gasteiger partial charge in [0.1, 0.15) is 11.3 Å². The molecule has 1 saturated heterocycles. The molecular formula is C26H18Br3N3O5. The molecule has 0 spiro atoms. The molecule has 1 heterocycles. The molecule has 3 aromatic rings. The number of barbiturate groups is 1. The Kier molecular flexibility index (Phi) is 8.25. The lowest BCUT2D eigenvalue weighted by Crippen LogP contribution is -2.54. The molecule has 3 aromatic carbocycles. The minimum Gasteiger partial charge on any atom is -0.481 e. The average Bonchev–Trinajstić information content (AvgIpc) is 2.82. The van der Waals surface area contributed by atoms with Gasteiger partial charge in [0.15, 0.2) is 6.61 Å². The quantitative estimate of drug-likeness (QED) is 0.245. The monoisotopic (exact) mass is 689 g/mol. The predicted molar refractivity (Wildman–Crippen MR) is 150 cm³/mol. The zero-order valence-electron chi connectivity index (χ0n) is 19.2. The van der Waals surface area contributed by atoms with Crippen LogP contribution >= 0.6 is 47.8 Å². The van der Waals surface area contributed by atoms with Crippen molar-refractivity contribution in [2.75, 3.05) is 16.8 Å². The SMILES string of the molecule is Cc1cccc(NC(=O)COc2c(Br)cc(/C=C3\C(=O)NC(=O)N(c4ccc(Br)cc4)C3=O)cc2Br)c1. The molecule has 0 aromatic heterocycles. The number of benzene rings is 3. The molecule has 4 rings (SSSR count). The van der Waals surface area contributed by atoms with Crippen molar-refractivity contribution >= 4 is 89.0 Å². The summed E-state index contributed by atoms with van der Waals surface area (Å²) in [5.41, 5.74) is 2.27. The van der Waals surface area contributed by atoms with Crippen molar-refractivity contribution in [3.63, 3.8) is 0 Å². The number of imide groups is 2. The Bertz CT molecular complexity index is 1430. The summed E-state index contributed by atoms with van der Waals surface area (Å²) in [5, 5.41) is 4.97. The molecule has 11 heteroatoms. The van der Waals surface area contributed by atoms with E-state index < -0.39 is 17.8 Å². The second kappa shape index (κ2) is 11.4. The molecule has 0 atom stereocenters. The fraction of sp³-hybridized carbons (Fsp3) is 0.0769. The maximum atomic E-state index is 13.1. The van der Waals surface area contributed by atoms with Gasteiger partial charge < -0.3 is 10.1 Å². The molecule has 1 aliphatic rings. The summed E-state index contributed by atoms with van der Waals surface area (Å²) in [6, 6.07) is 16.4. The van der Waals surface area contributed by atoms with E-state index in [-0.39, 0.29) is 18.1 Å². The van der Waals surface area contributed by atoms with Crippen LogP contribution in [-0.4, -0.2) is 30.4 Å². The van der Waals surface area contributed by atoms with Crippen molar-refractivity contribution < 1.29 is 23.9 Å². The van der Waals surface area contributed by atoms with E-state index >= 15 is 0 Å². The highest BCUT2D eigenvalue weighted by Crippen LogP contribution is 2.36. The molecule has 0 bridgehead atoms. The van der Waals surface area contributed by atoms with Gasteiger partial charge >= 0.3 is 6.03 Å². The van der Waals surface area contributed by atoms with Gasteiger partial charge in [-0.15, -0.1) is 0 Å². The van der Waals surface area contributed by atoms with Crippen LogP contribution < -0.4 is 20.3 Å². The van der Waals surface area contributed by atoms with E-state index in [1.807, 2.05) is 25.1 Å². The maximum absolute atomic E-state index is 13.1. The van der Waals surface area contributed by atoms with Gasteiger partial charge in [0.2, 0.25) is 0 Å². The third-order valence-corrected chi connectivity index (χ3v) is 6.87. The van der Waals surface area contributed by atoms with Gasteiger partial charge in [-0.2, -0.15) is 0 Å². The second-order valence-corrected chi connectivity index (χ2v) is 10.6. The molecular weight excluding hydrogens is 674 g/mol. The Hall–Kier alpha value is -3.28. The van der Waals surface area contributed by atoms with Crippen LogP contribution in [0.3, 0.4) is 0 Å². The third-order valence-electron chi connectivity index (χ3n) is 5.17. The second-order valence-electron chi connectivity index (χ2n) is 7.95. The lowest BCUT2D eigenvalue weighted by molar-refractivity contribution is -0.122. The van der Waals surface area contributed by atoms with Gasteiger partial charge in [-0.05, 0) is 105 Å². The van der Waals surface area contributed by atoms with E-state index in [0.717, 1.165) is 14.9 Å². The number of ether oxygens (including phenoxy) is 1. The van der Waals surface area contributed by atoms with Gasteiger partial charge in [0, 0.05) is 10.2 Å². The first-order chi connectivity index (χ1) is 17.6. The molecule has 0 radical (unpaired) electrons. The fourth-order valence-electron chi connectivity index (χ4n) is 3.51. The summed E-state index contributed by atoms with van der Waals surface area (Å²) in [6.45, 7) is 1.69. The van der Waals surface area contributed by atoms with Crippen LogP contribution in [0.2, 0.25) is 0 Å². The summed E-state index contributed by atoms with van der Waals surface area (Å²) in [6.07, 6.45) is 1.37. The van der Waals surface area contributed by atoms with Crippen molar-refractivity contribution in [2.45, 2.75) is 6.92 Å². The number of nitrogens with zero attached hydrogens (tertiary/aromatic N) is 1. The Balaban J connectivity index is 1.52. The standard InChI is InChI=1S/C26H18Br3N3O5/c1-14-3-2-4-17(9-14)30-22(33)13-37-23-20(28)11-15(12-21(23)29)10-19-24(34)31-26(36)32(25(19)35)18-7-5-16(27)6-8-18/h2-12H,13H2,1H3,(H,30,33)(H,31,34,36)/b19-10+. The van der Waals surface area contributed by atoms with E-state index in [4.69, 9.17) is 4.74 Å². The minimum atomic E-state index is -0.829. The lowest BCUT2D eigenvalue weighted by Gasteiger charge is -2.26. The van der Waals surface area contributed by atoms with Gasteiger partial charge in [0.05, 0.1) is 14.6 Å². The van der Waals surface area contributed by atoms with E-state index in [1.165, 1.54) is 6.08 Å². The number of amides is 5. The number of carbonyl (C=O) groups excluding carboxylic acids is 4. The molecule has 5 amide bonds. The van der Waals surface area contributed by atoms with Crippen molar-refractivity contribution in [2.24, 2.45) is 0 Å². The first kappa shape index (κ1) is 26.8. The zero-order valence-corrected chi connectivity index (χ0v) is 23.9. The van der Waals surface area contributed by atoms with Gasteiger partial charge in [-0.3, -0.25) is 19.7 Å². The summed E-state index contributed by atoms with van der Waals surface area (Å²) >= 11 is 10.1. The summed E-state index contributed by atoms with van der Waals surface area (Å²) in [7, 11) is 0. The Morgan fingerprint density at radius 3 is 2.32 bits per heavy atom. The fourth-order valence-corrected chi connectivity index (χ4v) is 5.22. The number of urea groups is 1. The number of halogens is 3. The lowest BCUT2D eigenvalue weighted by atomic mass is 10.1. The number of hydrogen-bond acceptors (Lipinski definition) is 5. The number of nitrogens with one attached hydrogen (secondary N) is 2. The van der Waals surface area contributed by atoms with E-state index in [2.05, 4.69) is 58.4 Å². The van der Waals surface area contributed by atoms with Crippen LogP contribution in [0.5, 0.6) is 5.75 Å². The zero-order chi connectivity index (χ0) is 26.7. The van der Waals surface area contributed by atoms with Crippen molar-refractivity contribution in [1.29, 1.82) is 0 Å². The third kappa shape index (κ3) is 6.35. The topological polar surface area (TPSA) is 105 Å². The largest absolute Gasteiger partial charge is 0.481 e. The van der Waals surface area contributed by atoms with E-state index in [9.17, 15) is 19.2 Å². The highest BCUT2D eigenvalue weighted by Gasteiger charge is 2.36. The highest BCUT2D eigenvalue weighted by atomic mass is 79.9. The summed E-state index contributed by atoms with van der Waals surface area (Å²) in [5.74, 6) is -1.52. The molecule has 0 aliphatic carbocycles. The molecule has 0 saturated carbocycles. The molecule has 8 nitrogen and oxygen atoms in total. The molecule has 1 fully saturated rings. The molecule has 0 unspecified atom stereocenters. The summed E-state index contributed by atoms with van der Waals surface area (Å²) < 4.78 is 7.44. The Morgan fingerprint density at radius 1 is 1.00 bits per heavy atom. The first-order valence-corrected chi connectivity index (χ1v) is 13.2. The van der Waals surface area contributed by atoms with Gasteiger partial charge in [-0.1, -0.05) is 28.1 Å². The van der Waals surface area contributed by atoms with Crippen LogP contribution in [-0.2, 0) is 14.4 Å². The van der Waals surface area contributed by atoms with E-state index in [0.29, 0.717) is 31.6 Å². The predicted octanol–water partition coefficient (Wildman–Crippen LogP) is 5.97. The molecule has 2 N–H and O–H groups in total. The summed E-state index contributed by atoms with van der Waals surface area (Å²) in [4.78, 5) is 51.2. The molecule has 1 aliphatic heterocycles. The Labute approximate surface area is 237 Å². The number of aryl methyl sites for hydroxylation is 1. The van der Waals surface area contributed by atoms with E-state index in [1.54, 1.807) is 42.5 Å². The molecule has 37 heavy (non-hydrogen) atoms. The Morgan fingerprint density at radius 2 is 1.68 bits per heavy atom. The highest BCUT2D eigenvalue weighted by molar-refractivity contribution is 9.11. The number of rotatable bonds is 6. The molecule has 188 valence electrons. The normalized spacial score (nSPS) is 14.5. The van der Waals surface area contributed by atoms with Crippen LogP contribution in [0.4, 0.5) is 16.2 Å². The van der Waals surface area contributed by atoms with Crippen LogP contribution in [0.25, 0.3) is 6.08 Å². The number of carbonyl (C=O) groups is 4. The van der Waals surface area contributed by atoms with Gasteiger partial charge in [0.25, 0.3) is 17.7 Å². The van der Waals surface area contributed by atoms with Crippen molar-refractivity contribution in [3.05, 3.63) is 90.8 Å². The van der Waals surface area contributed by atoms with Crippen molar-refractivity contribution in [1.82, 2.24) is 5.32 Å². The van der Waals surface area contributed by atoms with Crippen LogP contribution in [0.1, 0.15) is 11.1 Å². The maximum Gasteiger partial charge on any atom is 0.335 e. The van der Waals surface area contributed by atoms with Gasteiger partial charge in [-0.25, -0.2) is 9.69 Å². The number of hydrogen-bond donors (Lipinski definition) is 2.